The summed E-state index contributed by atoms with van der Waals surface area (Å²) in [6.07, 6.45) is -0.434. The highest BCUT2D eigenvalue weighted by Gasteiger charge is 2.43. The smallest absolute Gasteiger partial charge is 0.411 e. The Kier molecular flexibility index (Phi) is 27.0. The van der Waals surface area contributed by atoms with E-state index in [4.69, 9.17) is 18.9 Å². The topological polar surface area (TPSA) is 277 Å². The molecule has 0 bridgehead atoms. The van der Waals surface area contributed by atoms with Crippen LogP contribution in [0.3, 0.4) is 0 Å². The second-order valence-corrected chi connectivity index (χ2v) is 24.1. The van der Waals surface area contributed by atoms with Gasteiger partial charge in [0.15, 0.2) is 11.9 Å². The number of aliphatic hydroxyl groups is 1. The first-order valence-electron chi connectivity index (χ1n) is 28.8. The minimum absolute atomic E-state index is 0.0134. The van der Waals surface area contributed by atoms with Gasteiger partial charge in [-0.15, -0.1) is 0 Å². The number of methoxy groups -OCH3 is 1. The number of nitrogens with one attached hydrogen (secondary N) is 3. The van der Waals surface area contributed by atoms with Gasteiger partial charge in [-0.3, -0.25) is 43.3 Å². The molecule has 3 rings (SSSR count). The van der Waals surface area contributed by atoms with Crippen molar-refractivity contribution in [3.8, 4) is 5.75 Å². The van der Waals surface area contributed by atoms with Crippen LogP contribution in [-0.2, 0) is 63.8 Å². The van der Waals surface area contributed by atoms with E-state index in [0.29, 0.717) is 37.2 Å². The van der Waals surface area contributed by atoms with Gasteiger partial charge in [0.05, 0.1) is 31.6 Å². The molecule has 7 unspecified atom stereocenters. The zero-order valence-electron chi connectivity index (χ0n) is 51.6. The lowest BCUT2D eigenvalue weighted by Gasteiger charge is -2.36. The number of ether oxygens (including phenoxy) is 4. The summed E-state index contributed by atoms with van der Waals surface area (Å²) >= 11 is 0. The predicted molar refractivity (Wildman–Crippen MR) is 306 cm³/mol. The van der Waals surface area contributed by atoms with Gasteiger partial charge in [-0.1, -0.05) is 86.1 Å². The summed E-state index contributed by atoms with van der Waals surface area (Å²) in [5.41, 5.74) is -0.229. The molecule has 0 saturated carbocycles. The highest BCUT2D eigenvalue weighted by atomic mass is 16.6. The molecule has 2 heterocycles. The zero-order valence-corrected chi connectivity index (χ0v) is 51.6. The first-order valence-corrected chi connectivity index (χ1v) is 28.8. The Morgan fingerprint density at radius 2 is 1.37 bits per heavy atom. The summed E-state index contributed by atoms with van der Waals surface area (Å²) < 4.78 is 22.6. The number of hydrogen-bond donors (Lipinski definition) is 4. The molecule has 2 aliphatic heterocycles. The van der Waals surface area contributed by atoms with Crippen molar-refractivity contribution in [2.45, 2.75) is 202 Å². The number of benzene rings is 1. The van der Waals surface area contributed by atoms with Crippen molar-refractivity contribution in [2.24, 2.45) is 29.6 Å². The molecule has 460 valence electrons. The summed E-state index contributed by atoms with van der Waals surface area (Å²) in [6.45, 7) is 24.6. The highest BCUT2D eigenvalue weighted by molar-refractivity contribution is 6.05. The molecular formula is C60H95N7O15. The van der Waals surface area contributed by atoms with Crippen LogP contribution < -0.4 is 20.7 Å². The molecule has 2 aliphatic rings. The Bertz CT molecular complexity index is 2400. The zero-order chi connectivity index (χ0) is 62.1. The fraction of sp³-hybridized carbons (Fsp3) is 0.700. The van der Waals surface area contributed by atoms with Crippen molar-refractivity contribution >= 4 is 59.3 Å². The number of esters is 2. The molecular weight excluding hydrogens is 1060 g/mol. The van der Waals surface area contributed by atoms with Gasteiger partial charge in [0.25, 0.3) is 0 Å². The van der Waals surface area contributed by atoms with Crippen molar-refractivity contribution in [1.29, 1.82) is 0 Å². The van der Waals surface area contributed by atoms with Crippen LogP contribution in [0.4, 0.5) is 4.79 Å². The third kappa shape index (κ3) is 20.4. The Balaban J connectivity index is 1.99. The van der Waals surface area contributed by atoms with Crippen molar-refractivity contribution in [1.82, 2.24) is 35.6 Å². The minimum atomic E-state index is -1.74. The summed E-state index contributed by atoms with van der Waals surface area (Å²) in [4.78, 5) is 145. The molecule has 7 amide bonds. The van der Waals surface area contributed by atoms with Crippen LogP contribution in [-0.4, -0.2) is 185 Å². The largest absolute Gasteiger partial charge is 0.497 e. The number of ketones is 1. The fourth-order valence-corrected chi connectivity index (χ4v) is 9.71. The second-order valence-electron chi connectivity index (χ2n) is 24.1. The van der Waals surface area contributed by atoms with Crippen LogP contribution in [0.1, 0.15) is 141 Å². The third-order valence-corrected chi connectivity index (χ3v) is 14.9. The number of aliphatic hydroxyl groups excluding tert-OH is 1. The van der Waals surface area contributed by atoms with E-state index in [1.807, 2.05) is 27.7 Å². The van der Waals surface area contributed by atoms with Crippen molar-refractivity contribution in [3.63, 3.8) is 0 Å². The second kappa shape index (κ2) is 31.7. The maximum atomic E-state index is 14.9. The molecule has 4 N–H and O–H groups in total. The summed E-state index contributed by atoms with van der Waals surface area (Å²) in [5, 5.41) is 20.2. The molecule has 1 aromatic carbocycles. The summed E-state index contributed by atoms with van der Waals surface area (Å²) in [7, 11) is 4.32. The van der Waals surface area contributed by atoms with Crippen molar-refractivity contribution in [3.05, 3.63) is 42.0 Å². The molecule has 1 saturated heterocycles. The van der Waals surface area contributed by atoms with E-state index in [9.17, 15) is 53.1 Å². The van der Waals surface area contributed by atoms with Crippen molar-refractivity contribution < 1.29 is 72.0 Å². The minimum Gasteiger partial charge on any atom is -0.497 e. The number of Topliss-reactive ketones (excluding diaryl/α,β-unsaturated/α-hetero) is 1. The predicted octanol–water partition coefficient (Wildman–Crippen LogP) is 4.76. The maximum Gasteiger partial charge on any atom is 0.411 e. The molecule has 1 aromatic rings. The van der Waals surface area contributed by atoms with E-state index in [1.165, 1.54) is 62.8 Å². The van der Waals surface area contributed by atoms with Gasteiger partial charge in [0.1, 0.15) is 47.7 Å². The molecule has 82 heavy (non-hydrogen) atoms. The molecule has 0 radical (unpaired) electrons. The number of likely N-dealkylation sites (tertiary alicyclic amines) is 1. The van der Waals surface area contributed by atoms with Gasteiger partial charge in [-0.05, 0) is 102 Å². The summed E-state index contributed by atoms with van der Waals surface area (Å²) in [6, 6.07) is -0.628. The van der Waals surface area contributed by atoms with E-state index < -0.39 is 138 Å². The maximum absolute atomic E-state index is 14.9. The van der Waals surface area contributed by atoms with E-state index in [0.717, 1.165) is 12.8 Å². The van der Waals surface area contributed by atoms with Crippen LogP contribution in [0.2, 0.25) is 0 Å². The number of rotatable bonds is 29. The number of hydrogen-bond acceptors (Lipinski definition) is 15. The number of nitrogens with zero attached hydrogens (tertiary/aromatic N) is 4. The Morgan fingerprint density at radius 1 is 0.768 bits per heavy atom. The Morgan fingerprint density at radius 3 is 1.89 bits per heavy atom. The third-order valence-electron chi connectivity index (χ3n) is 14.9. The molecule has 1 fully saturated rings. The first-order chi connectivity index (χ1) is 38.2. The molecule has 22 nitrogen and oxygen atoms in total. The van der Waals surface area contributed by atoms with Crippen LogP contribution in [0.5, 0.6) is 5.75 Å². The lowest BCUT2D eigenvalue weighted by Crippen LogP contribution is -2.62. The molecule has 0 spiro atoms. The number of likely N-dealkylation sites (N-methyl/N-ethyl adjacent to an activating group) is 2. The molecule has 0 aromatic heterocycles. The number of carbonyl (C=O) groups excluding carboxylic acids is 10. The van der Waals surface area contributed by atoms with Gasteiger partial charge in [0, 0.05) is 47.1 Å². The van der Waals surface area contributed by atoms with Crippen LogP contribution in [0.15, 0.2) is 36.4 Å². The number of amides is 7. The standard InChI is InChI=1S/C60H95N7O15/c1-18-37(8)49(47(69)33-48(70)81-52(36(6)7)51(71)38(9)53(72)61-43(30-34(2)3)56(75)66-27-19-20-28-66)62-55(74)50(39(10)80-58(77)46(64(15)40(11)68)32-41-23-25-42(79-17)26-24-41)63-54(73)45(31-35(4)5)65(16)57(76)44-22-21-29-67(44)59(78)82-60(12,13)14/h21-26,34-39,43-47,49-50,52,69H,18-20,27-33H2,1-17H3,(H,61,72)(H,62,74)(H,63,73)/t37-,38-,39?,43?,44-,45?,46?,47?,49?,50?,52-/m0/s1. The van der Waals surface area contributed by atoms with Crippen LogP contribution in [0, 0.1) is 29.6 Å². The van der Waals surface area contributed by atoms with E-state index in [1.54, 1.807) is 83.7 Å². The summed E-state index contributed by atoms with van der Waals surface area (Å²) in [5.74, 6) is -8.59. The lowest BCUT2D eigenvalue weighted by atomic mass is 9.91. The van der Waals surface area contributed by atoms with Gasteiger partial charge >= 0.3 is 18.0 Å². The molecule has 0 aliphatic carbocycles. The van der Waals surface area contributed by atoms with E-state index >= 15 is 0 Å². The van der Waals surface area contributed by atoms with Crippen LogP contribution >= 0.6 is 0 Å². The van der Waals surface area contributed by atoms with E-state index in [2.05, 4.69) is 16.0 Å². The Labute approximate surface area is 485 Å². The van der Waals surface area contributed by atoms with Crippen molar-refractivity contribution in [2.75, 3.05) is 40.8 Å². The highest BCUT2D eigenvalue weighted by Crippen LogP contribution is 2.24. The lowest BCUT2D eigenvalue weighted by molar-refractivity contribution is -0.163. The fourth-order valence-electron chi connectivity index (χ4n) is 9.71. The monoisotopic (exact) mass is 1150 g/mol. The van der Waals surface area contributed by atoms with E-state index in [-0.39, 0.29) is 37.1 Å². The molecule has 22 heteroatoms. The van der Waals surface area contributed by atoms with Gasteiger partial charge in [-0.25, -0.2) is 9.59 Å². The van der Waals surface area contributed by atoms with Gasteiger partial charge in [0.2, 0.25) is 35.4 Å². The Hall–Kier alpha value is -6.58. The van der Waals surface area contributed by atoms with Gasteiger partial charge in [-0.2, -0.15) is 0 Å². The normalized spacial score (nSPS) is 18.0. The van der Waals surface area contributed by atoms with Gasteiger partial charge < -0.3 is 54.7 Å². The average Bonchev–Trinajstić information content (AvgIpc) is 4.28. The van der Waals surface area contributed by atoms with Crippen LogP contribution in [0.25, 0.3) is 0 Å². The average molecular weight is 1150 g/mol. The quantitative estimate of drug-likeness (QED) is 0.0364. The SMILES string of the molecule is CC[C@H](C)C(NC(=O)C(NC(=O)C(CC(C)C)N(C)C(=O)[C@@H]1C=CCN1C(=O)OC(C)(C)C)C(C)OC(=O)C(Cc1ccc(OC)cc1)N(C)C(C)=O)C(O)CC(=O)O[C@H](C(=O)[C@H](C)C(=O)NC(CC(C)C)C(=O)N1CCCC1)C(C)C. The first kappa shape index (κ1) is 69.7. The molecule has 11 atom stereocenters. The number of carbonyl (C=O) groups is 10.